The molecule has 2 amide bonds. The van der Waals surface area contributed by atoms with Gasteiger partial charge in [0.1, 0.15) is 0 Å². The van der Waals surface area contributed by atoms with E-state index in [1.54, 1.807) is 18.2 Å². The first kappa shape index (κ1) is 16.0. The standard InChI is InChI=1S/C17H15BrN2O2/c1-12(21)19-14-9-6-13(7-10-14)8-11-17(22)20-16-5-3-2-4-15(16)18/h2-11H,1H3,(H,19,21)(H,20,22)/b11-8+. The SMILES string of the molecule is CC(=O)Nc1ccc(/C=C/C(=O)Nc2ccccc2Br)cc1. The molecule has 2 aromatic rings. The number of anilines is 2. The molecule has 0 saturated carbocycles. The minimum absolute atomic E-state index is 0.115. The quantitative estimate of drug-likeness (QED) is 0.809. The van der Waals surface area contributed by atoms with Crippen LogP contribution < -0.4 is 10.6 Å². The summed E-state index contributed by atoms with van der Waals surface area (Å²) >= 11 is 3.38. The van der Waals surface area contributed by atoms with Gasteiger partial charge in [-0.15, -0.1) is 0 Å². The fraction of sp³-hybridized carbons (Fsp3) is 0.0588. The monoisotopic (exact) mass is 358 g/mol. The van der Waals surface area contributed by atoms with Gasteiger partial charge in [-0.1, -0.05) is 24.3 Å². The van der Waals surface area contributed by atoms with Crippen molar-refractivity contribution in [1.29, 1.82) is 0 Å². The Morgan fingerprint density at radius 2 is 1.68 bits per heavy atom. The lowest BCUT2D eigenvalue weighted by Crippen LogP contribution is -2.08. The van der Waals surface area contributed by atoms with Crippen LogP contribution >= 0.6 is 15.9 Å². The molecule has 0 aliphatic rings. The maximum absolute atomic E-state index is 11.9. The van der Waals surface area contributed by atoms with E-state index in [4.69, 9.17) is 0 Å². The highest BCUT2D eigenvalue weighted by atomic mass is 79.9. The summed E-state index contributed by atoms with van der Waals surface area (Å²) in [5.74, 6) is -0.325. The first-order valence-electron chi connectivity index (χ1n) is 6.66. The van der Waals surface area contributed by atoms with Crippen LogP contribution in [0.15, 0.2) is 59.1 Å². The maximum Gasteiger partial charge on any atom is 0.248 e. The number of halogens is 1. The molecular formula is C17H15BrN2O2. The molecule has 0 aromatic heterocycles. The first-order valence-corrected chi connectivity index (χ1v) is 7.45. The number of hydrogen-bond acceptors (Lipinski definition) is 2. The lowest BCUT2D eigenvalue weighted by molar-refractivity contribution is -0.114. The average molecular weight is 359 g/mol. The van der Waals surface area contributed by atoms with Crippen LogP contribution in [0.2, 0.25) is 0 Å². The van der Waals surface area contributed by atoms with Crippen molar-refractivity contribution >= 4 is 45.2 Å². The van der Waals surface area contributed by atoms with Gasteiger partial charge in [0.25, 0.3) is 0 Å². The third kappa shape index (κ3) is 4.86. The van der Waals surface area contributed by atoms with E-state index in [1.807, 2.05) is 36.4 Å². The summed E-state index contributed by atoms with van der Waals surface area (Å²) in [6.45, 7) is 1.46. The van der Waals surface area contributed by atoms with Crippen molar-refractivity contribution in [2.45, 2.75) is 6.92 Å². The lowest BCUT2D eigenvalue weighted by atomic mass is 10.2. The van der Waals surface area contributed by atoms with Crippen LogP contribution in [0.25, 0.3) is 6.08 Å². The lowest BCUT2D eigenvalue weighted by Gasteiger charge is -2.04. The molecule has 0 radical (unpaired) electrons. The largest absolute Gasteiger partial charge is 0.326 e. The molecule has 0 spiro atoms. The smallest absolute Gasteiger partial charge is 0.248 e. The summed E-state index contributed by atoms with van der Waals surface area (Å²) in [7, 11) is 0. The zero-order valence-electron chi connectivity index (χ0n) is 12.0. The summed E-state index contributed by atoms with van der Waals surface area (Å²) in [5.41, 5.74) is 2.32. The number of nitrogens with one attached hydrogen (secondary N) is 2. The number of para-hydroxylation sites is 1. The summed E-state index contributed by atoms with van der Waals surface area (Å²) in [4.78, 5) is 22.8. The van der Waals surface area contributed by atoms with Gasteiger partial charge in [-0.2, -0.15) is 0 Å². The maximum atomic E-state index is 11.9. The molecular weight excluding hydrogens is 344 g/mol. The van der Waals surface area contributed by atoms with Gasteiger partial charge in [0, 0.05) is 23.2 Å². The molecule has 0 aliphatic carbocycles. The van der Waals surface area contributed by atoms with Gasteiger partial charge >= 0.3 is 0 Å². The van der Waals surface area contributed by atoms with Crippen LogP contribution in [0.3, 0.4) is 0 Å². The third-order valence-corrected chi connectivity index (χ3v) is 3.48. The Labute approximate surface area is 137 Å². The molecule has 0 aliphatic heterocycles. The summed E-state index contributed by atoms with van der Waals surface area (Å²) in [6, 6.07) is 14.6. The number of rotatable bonds is 4. The predicted octanol–water partition coefficient (Wildman–Crippen LogP) is 4.06. The van der Waals surface area contributed by atoms with Crippen LogP contribution in [-0.2, 0) is 9.59 Å². The second-order valence-corrected chi connectivity index (χ2v) is 5.46. The fourth-order valence-corrected chi connectivity index (χ4v) is 2.17. The van der Waals surface area contributed by atoms with E-state index in [-0.39, 0.29) is 11.8 Å². The highest BCUT2D eigenvalue weighted by Gasteiger charge is 2.01. The molecule has 0 unspecified atom stereocenters. The van der Waals surface area contributed by atoms with Gasteiger partial charge < -0.3 is 10.6 Å². The van der Waals surface area contributed by atoms with E-state index in [0.29, 0.717) is 0 Å². The van der Waals surface area contributed by atoms with E-state index in [2.05, 4.69) is 26.6 Å². The van der Waals surface area contributed by atoms with Crippen molar-refractivity contribution in [3.05, 3.63) is 64.6 Å². The van der Waals surface area contributed by atoms with Crippen molar-refractivity contribution in [2.24, 2.45) is 0 Å². The molecule has 0 fully saturated rings. The number of carbonyl (C=O) groups is 2. The summed E-state index contributed by atoms with van der Waals surface area (Å²) in [6.07, 6.45) is 3.18. The molecule has 22 heavy (non-hydrogen) atoms. The number of benzene rings is 2. The Hall–Kier alpha value is -2.40. The van der Waals surface area contributed by atoms with Crippen LogP contribution in [0.4, 0.5) is 11.4 Å². The topological polar surface area (TPSA) is 58.2 Å². The molecule has 2 N–H and O–H groups in total. The van der Waals surface area contributed by atoms with Gasteiger partial charge in [-0.25, -0.2) is 0 Å². The molecule has 112 valence electrons. The van der Waals surface area contributed by atoms with Crippen LogP contribution in [0.5, 0.6) is 0 Å². The number of carbonyl (C=O) groups excluding carboxylic acids is 2. The van der Waals surface area contributed by atoms with E-state index in [1.165, 1.54) is 13.0 Å². The second-order valence-electron chi connectivity index (χ2n) is 4.61. The summed E-state index contributed by atoms with van der Waals surface area (Å²) in [5, 5.41) is 5.48. The first-order chi connectivity index (χ1) is 10.5. The van der Waals surface area contributed by atoms with Gasteiger partial charge in [0.15, 0.2) is 0 Å². The molecule has 0 saturated heterocycles. The third-order valence-electron chi connectivity index (χ3n) is 2.79. The van der Waals surface area contributed by atoms with Crippen molar-refractivity contribution in [2.75, 3.05) is 10.6 Å². The van der Waals surface area contributed by atoms with Crippen molar-refractivity contribution in [1.82, 2.24) is 0 Å². The molecule has 0 bridgehead atoms. The van der Waals surface area contributed by atoms with Gasteiger partial charge in [0.05, 0.1) is 5.69 Å². The number of amides is 2. The zero-order valence-corrected chi connectivity index (χ0v) is 13.6. The van der Waals surface area contributed by atoms with Crippen LogP contribution in [0, 0.1) is 0 Å². The Morgan fingerprint density at radius 3 is 2.32 bits per heavy atom. The number of hydrogen-bond donors (Lipinski definition) is 2. The van der Waals surface area contributed by atoms with Crippen LogP contribution in [-0.4, -0.2) is 11.8 Å². The Morgan fingerprint density at radius 1 is 1.00 bits per heavy atom. The average Bonchev–Trinajstić information content (AvgIpc) is 2.48. The molecule has 2 rings (SSSR count). The van der Waals surface area contributed by atoms with Crippen molar-refractivity contribution in [3.63, 3.8) is 0 Å². The Kier molecular flexibility index (Phi) is 5.49. The van der Waals surface area contributed by atoms with Gasteiger partial charge in [-0.3, -0.25) is 9.59 Å². The van der Waals surface area contributed by atoms with Gasteiger partial charge in [-0.05, 0) is 51.8 Å². The normalized spacial score (nSPS) is 10.5. The predicted molar refractivity (Wildman–Crippen MR) is 92.6 cm³/mol. The minimum Gasteiger partial charge on any atom is -0.326 e. The van der Waals surface area contributed by atoms with Crippen molar-refractivity contribution in [3.8, 4) is 0 Å². The Balaban J connectivity index is 1.98. The molecule has 2 aromatic carbocycles. The second kappa shape index (κ2) is 7.56. The summed E-state index contributed by atoms with van der Waals surface area (Å²) < 4.78 is 0.830. The van der Waals surface area contributed by atoms with E-state index < -0.39 is 0 Å². The molecule has 5 heteroatoms. The van der Waals surface area contributed by atoms with Crippen LogP contribution in [0.1, 0.15) is 12.5 Å². The van der Waals surface area contributed by atoms with E-state index in [9.17, 15) is 9.59 Å². The van der Waals surface area contributed by atoms with Gasteiger partial charge in [0.2, 0.25) is 11.8 Å². The molecule has 0 atom stereocenters. The van der Waals surface area contributed by atoms with E-state index in [0.717, 1.165) is 21.4 Å². The highest BCUT2D eigenvalue weighted by molar-refractivity contribution is 9.10. The zero-order chi connectivity index (χ0) is 15.9. The van der Waals surface area contributed by atoms with E-state index >= 15 is 0 Å². The highest BCUT2D eigenvalue weighted by Crippen LogP contribution is 2.21. The molecule has 0 heterocycles. The fourth-order valence-electron chi connectivity index (χ4n) is 1.79. The minimum atomic E-state index is -0.210. The Bertz CT molecular complexity index is 709. The van der Waals surface area contributed by atoms with Crippen molar-refractivity contribution < 1.29 is 9.59 Å². The molecule has 4 nitrogen and oxygen atoms in total.